The number of urea groups is 1. The molecule has 2 aromatic carbocycles. The quantitative estimate of drug-likeness (QED) is 0.435. The van der Waals surface area contributed by atoms with Crippen molar-refractivity contribution in [3.63, 3.8) is 0 Å². The largest absolute Gasteiger partial charge is 0.497 e. The molecule has 8 heteroatoms. The number of nitrogens with zero attached hydrogens (tertiary/aromatic N) is 2. The number of ether oxygens (including phenoxy) is 1. The summed E-state index contributed by atoms with van der Waals surface area (Å²) in [4.78, 5) is 14.6. The lowest BCUT2D eigenvalue weighted by Crippen LogP contribution is -2.29. The van der Waals surface area contributed by atoms with Crippen LogP contribution in [0.25, 0.3) is 11.1 Å². The average Bonchev–Trinajstić information content (AvgIpc) is 3.31. The first-order chi connectivity index (χ1) is 14.6. The minimum Gasteiger partial charge on any atom is -0.497 e. The standard InChI is InChI=1S/C22H28N6O2/c1-28(10-4-9-23)21-12-17(18-14-25-26-15-18)7-8-20(21)27-22(29)24-13-16-5-3-6-19(11-16)30-2/h3,5-8,11-12,14-15H,4,9-10,13,23H2,1-2H3,(H,25,26)(H2,24,27,29). The van der Waals surface area contributed by atoms with Gasteiger partial charge in [0.1, 0.15) is 5.75 Å². The van der Waals surface area contributed by atoms with E-state index in [9.17, 15) is 4.79 Å². The third-order valence-electron chi connectivity index (χ3n) is 4.77. The molecule has 8 nitrogen and oxygen atoms in total. The molecular weight excluding hydrogens is 380 g/mol. The summed E-state index contributed by atoms with van der Waals surface area (Å²) >= 11 is 0. The molecule has 0 fully saturated rings. The molecular formula is C22H28N6O2. The van der Waals surface area contributed by atoms with Gasteiger partial charge in [-0.15, -0.1) is 0 Å². The fourth-order valence-electron chi connectivity index (χ4n) is 3.12. The Kier molecular flexibility index (Phi) is 7.29. The van der Waals surface area contributed by atoms with Crippen LogP contribution in [0.3, 0.4) is 0 Å². The van der Waals surface area contributed by atoms with E-state index >= 15 is 0 Å². The van der Waals surface area contributed by atoms with Gasteiger partial charge in [0.15, 0.2) is 0 Å². The van der Waals surface area contributed by atoms with Crippen LogP contribution in [-0.2, 0) is 6.54 Å². The summed E-state index contributed by atoms with van der Waals surface area (Å²) in [5, 5.41) is 12.7. The summed E-state index contributed by atoms with van der Waals surface area (Å²) in [6.45, 7) is 1.79. The van der Waals surface area contributed by atoms with Crippen molar-refractivity contribution >= 4 is 17.4 Å². The number of aromatic nitrogens is 2. The van der Waals surface area contributed by atoms with E-state index in [0.29, 0.717) is 13.1 Å². The molecule has 0 aliphatic rings. The molecule has 2 amide bonds. The second kappa shape index (κ2) is 10.3. The van der Waals surface area contributed by atoms with Crippen LogP contribution in [0.2, 0.25) is 0 Å². The van der Waals surface area contributed by atoms with Gasteiger partial charge < -0.3 is 26.0 Å². The Labute approximate surface area is 176 Å². The van der Waals surface area contributed by atoms with Gasteiger partial charge in [-0.25, -0.2) is 4.79 Å². The topological polar surface area (TPSA) is 108 Å². The molecule has 0 bridgehead atoms. The number of H-pyrrole nitrogens is 1. The molecule has 0 aliphatic carbocycles. The first-order valence-electron chi connectivity index (χ1n) is 9.83. The van der Waals surface area contributed by atoms with E-state index in [4.69, 9.17) is 10.5 Å². The van der Waals surface area contributed by atoms with Gasteiger partial charge in [0, 0.05) is 31.9 Å². The van der Waals surface area contributed by atoms with Crippen molar-refractivity contribution in [2.75, 3.05) is 37.5 Å². The molecule has 0 saturated carbocycles. The zero-order valence-corrected chi connectivity index (χ0v) is 17.3. The van der Waals surface area contributed by atoms with Crippen LogP contribution in [0.4, 0.5) is 16.2 Å². The summed E-state index contributed by atoms with van der Waals surface area (Å²) in [7, 11) is 3.61. The molecule has 158 valence electrons. The molecule has 3 rings (SSSR count). The van der Waals surface area contributed by atoms with E-state index in [0.717, 1.165) is 46.8 Å². The van der Waals surface area contributed by atoms with Gasteiger partial charge in [-0.2, -0.15) is 5.10 Å². The number of nitrogens with two attached hydrogens (primary N) is 1. The predicted octanol–water partition coefficient (Wildman–Crippen LogP) is 3.19. The molecule has 1 aromatic heterocycles. The number of benzene rings is 2. The highest BCUT2D eigenvalue weighted by Crippen LogP contribution is 2.31. The number of rotatable bonds is 9. The normalized spacial score (nSPS) is 10.5. The Balaban J connectivity index is 1.73. The second-order valence-corrected chi connectivity index (χ2v) is 6.94. The van der Waals surface area contributed by atoms with Crippen LogP contribution < -0.4 is 26.0 Å². The summed E-state index contributed by atoms with van der Waals surface area (Å²) in [5.41, 5.74) is 10.3. The molecule has 30 heavy (non-hydrogen) atoms. The summed E-state index contributed by atoms with van der Waals surface area (Å²) in [6.07, 6.45) is 4.47. The van der Waals surface area contributed by atoms with Crippen LogP contribution in [-0.4, -0.2) is 43.5 Å². The smallest absolute Gasteiger partial charge is 0.319 e. The third-order valence-corrected chi connectivity index (χ3v) is 4.77. The Morgan fingerprint density at radius 3 is 2.83 bits per heavy atom. The Morgan fingerprint density at radius 2 is 2.10 bits per heavy atom. The highest BCUT2D eigenvalue weighted by Gasteiger charge is 2.13. The fraction of sp³-hybridized carbons (Fsp3) is 0.273. The van der Waals surface area contributed by atoms with Crippen LogP contribution in [0.15, 0.2) is 54.9 Å². The van der Waals surface area contributed by atoms with E-state index in [1.165, 1.54) is 0 Å². The predicted molar refractivity (Wildman–Crippen MR) is 120 cm³/mol. The zero-order valence-electron chi connectivity index (χ0n) is 17.3. The maximum absolute atomic E-state index is 12.5. The van der Waals surface area contributed by atoms with Gasteiger partial charge in [0.05, 0.1) is 24.7 Å². The number of nitrogens with one attached hydrogen (secondary N) is 3. The fourth-order valence-corrected chi connectivity index (χ4v) is 3.12. The van der Waals surface area contributed by atoms with Crippen LogP contribution in [0.5, 0.6) is 5.75 Å². The molecule has 0 radical (unpaired) electrons. The molecule has 3 aromatic rings. The van der Waals surface area contributed by atoms with Gasteiger partial charge in [0.25, 0.3) is 0 Å². The third kappa shape index (κ3) is 5.51. The number of anilines is 2. The zero-order chi connectivity index (χ0) is 21.3. The lowest BCUT2D eigenvalue weighted by atomic mass is 10.1. The van der Waals surface area contributed by atoms with Crippen molar-refractivity contribution in [1.29, 1.82) is 0 Å². The number of carbonyl (C=O) groups is 1. The molecule has 0 saturated heterocycles. The van der Waals surface area contributed by atoms with Gasteiger partial charge in [-0.1, -0.05) is 18.2 Å². The first-order valence-corrected chi connectivity index (χ1v) is 9.83. The molecule has 0 spiro atoms. The molecule has 0 unspecified atom stereocenters. The highest BCUT2D eigenvalue weighted by molar-refractivity contribution is 5.94. The molecule has 0 aliphatic heterocycles. The Bertz CT molecular complexity index is 958. The number of carbonyl (C=O) groups excluding carboxylic acids is 1. The average molecular weight is 409 g/mol. The number of aromatic amines is 1. The minimum absolute atomic E-state index is 0.276. The van der Waals surface area contributed by atoms with Crippen molar-refractivity contribution < 1.29 is 9.53 Å². The van der Waals surface area contributed by atoms with E-state index in [1.54, 1.807) is 13.3 Å². The Hall–Kier alpha value is -3.52. The molecule has 5 N–H and O–H groups in total. The summed E-state index contributed by atoms with van der Waals surface area (Å²) in [5.74, 6) is 0.758. The SMILES string of the molecule is COc1cccc(CNC(=O)Nc2ccc(-c3cn[nH]c3)cc2N(C)CCCN)c1. The van der Waals surface area contributed by atoms with Crippen molar-refractivity contribution in [3.8, 4) is 16.9 Å². The van der Waals surface area contributed by atoms with Crippen molar-refractivity contribution in [2.45, 2.75) is 13.0 Å². The van der Waals surface area contributed by atoms with E-state index in [2.05, 4.69) is 25.7 Å². The van der Waals surface area contributed by atoms with E-state index in [-0.39, 0.29) is 6.03 Å². The maximum Gasteiger partial charge on any atom is 0.319 e. The number of hydrogen-bond donors (Lipinski definition) is 4. The monoisotopic (exact) mass is 408 g/mol. The van der Waals surface area contributed by atoms with Gasteiger partial charge in [0.2, 0.25) is 0 Å². The van der Waals surface area contributed by atoms with Gasteiger partial charge >= 0.3 is 6.03 Å². The molecule has 1 heterocycles. The summed E-state index contributed by atoms with van der Waals surface area (Å²) < 4.78 is 5.22. The van der Waals surface area contributed by atoms with Crippen molar-refractivity contribution in [2.24, 2.45) is 5.73 Å². The van der Waals surface area contributed by atoms with E-state index in [1.807, 2.05) is 55.7 Å². The first kappa shape index (κ1) is 21.2. The number of hydrogen-bond acceptors (Lipinski definition) is 5. The maximum atomic E-state index is 12.5. The Morgan fingerprint density at radius 1 is 1.23 bits per heavy atom. The molecule has 0 atom stereocenters. The van der Waals surface area contributed by atoms with Gasteiger partial charge in [-0.05, 0) is 48.4 Å². The minimum atomic E-state index is -0.276. The van der Waals surface area contributed by atoms with Crippen LogP contribution in [0.1, 0.15) is 12.0 Å². The summed E-state index contributed by atoms with van der Waals surface area (Å²) in [6, 6.07) is 13.2. The lowest BCUT2D eigenvalue weighted by molar-refractivity contribution is 0.251. The van der Waals surface area contributed by atoms with Crippen LogP contribution in [0, 0.1) is 0 Å². The lowest BCUT2D eigenvalue weighted by Gasteiger charge is -2.23. The van der Waals surface area contributed by atoms with E-state index < -0.39 is 0 Å². The number of methoxy groups -OCH3 is 1. The van der Waals surface area contributed by atoms with Crippen LogP contribution >= 0.6 is 0 Å². The number of amides is 2. The highest BCUT2D eigenvalue weighted by atomic mass is 16.5. The van der Waals surface area contributed by atoms with Crippen molar-refractivity contribution in [3.05, 3.63) is 60.4 Å². The second-order valence-electron chi connectivity index (χ2n) is 6.94. The van der Waals surface area contributed by atoms with Gasteiger partial charge in [-0.3, -0.25) is 5.10 Å². The van der Waals surface area contributed by atoms with Crippen molar-refractivity contribution in [1.82, 2.24) is 15.5 Å².